The third-order valence-corrected chi connectivity index (χ3v) is 5.00. The first-order chi connectivity index (χ1) is 6.06. The molecule has 0 bridgehead atoms. The van der Waals surface area contributed by atoms with Crippen LogP contribution in [0.1, 0.15) is 17.7 Å². The van der Waals surface area contributed by atoms with E-state index in [0.717, 1.165) is 9.13 Å². The molecule has 1 nitrogen and oxygen atoms in total. The Bertz CT molecular complexity index is 320. The maximum atomic E-state index is 12.3. The number of aromatic nitrogens is 1. The maximum Gasteiger partial charge on any atom is 0.280 e. The lowest BCUT2D eigenvalue weighted by Gasteiger charge is -2.06. The highest BCUT2D eigenvalue weighted by Gasteiger charge is 2.13. The number of halogens is 5. The van der Waals surface area contributed by atoms with Gasteiger partial charge in [-0.25, -0.2) is 13.8 Å². The molecule has 13 heavy (non-hydrogen) atoms. The van der Waals surface area contributed by atoms with Crippen LogP contribution in [0.25, 0.3) is 0 Å². The minimum Gasteiger partial charge on any atom is -0.240 e. The summed E-state index contributed by atoms with van der Waals surface area (Å²) in [6, 6.07) is 1.43. The minimum atomic E-state index is -2.50. The molecule has 0 aliphatic rings. The number of hydrogen-bond donors (Lipinski definition) is 0. The minimum absolute atomic E-state index is 0.153. The van der Waals surface area contributed by atoms with E-state index < -0.39 is 6.43 Å². The molecule has 72 valence electrons. The maximum absolute atomic E-state index is 12.3. The molecule has 0 spiro atoms. The van der Waals surface area contributed by atoms with Gasteiger partial charge in [-0.05, 0) is 56.8 Å². The van der Waals surface area contributed by atoms with Gasteiger partial charge in [-0.2, -0.15) is 0 Å². The quantitative estimate of drug-likeness (QED) is 0.358. The molecule has 0 radical (unpaired) electrons. The second-order valence-electron chi connectivity index (χ2n) is 2.25. The van der Waals surface area contributed by atoms with Gasteiger partial charge in [-0.1, -0.05) is 15.9 Å². The van der Waals surface area contributed by atoms with Crippen molar-refractivity contribution in [2.45, 2.75) is 11.8 Å². The zero-order chi connectivity index (χ0) is 10.0. The first-order valence-electron chi connectivity index (χ1n) is 3.25. The van der Waals surface area contributed by atoms with Crippen LogP contribution >= 0.6 is 61.1 Å². The van der Waals surface area contributed by atoms with E-state index in [9.17, 15) is 8.78 Å². The number of rotatable bonds is 2. The molecule has 0 amide bonds. The molecule has 0 fully saturated rings. The summed E-state index contributed by atoms with van der Waals surface area (Å²) in [6.07, 6.45) is -2.50. The van der Waals surface area contributed by atoms with E-state index in [1.54, 1.807) is 0 Å². The Kier molecular flexibility index (Phi) is 4.76. The molecule has 0 saturated heterocycles. The Morgan fingerprint density at radius 3 is 2.54 bits per heavy atom. The zero-order valence-corrected chi connectivity index (χ0v) is 12.1. The highest BCUT2D eigenvalue weighted by Crippen LogP contribution is 2.25. The van der Waals surface area contributed by atoms with Gasteiger partial charge in [-0.15, -0.1) is 0 Å². The molecule has 0 atom stereocenters. The standard InChI is InChI=1S/C7H4BrF2I2N/c8-2-3-1-4(6(9)10)13-7(12)5(3)11/h1,6H,2H2. The second kappa shape index (κ2) is 5.15. The van der Waals surface area contributed by atoms with Gasteiger partial charge in [0.1, 0.15) is 9.39 Å². The predicted octanol–water partition coefficient (Wildman–Crippen LogP) is 4.12. The van der Waals surface area contributed by atoms with Crippen molar-refractivity contribution in [2.24, 2.45) is 0 Å². The third kappa shape index (κ3) is 2.95. The summed E-state index contributed by atoms with van der Waals surface area (Å²) >= 11 is 7.30. The van der Waals surface area contributed by atoms with Crippen LogP contribution in [0.5, 0.6) is 0 Å². The molecular weight excluding hydrogens is 470 g/mol. The van der Waals surface area contributed by atoms with Crippen LogP contribution in [0, 0.1) is 7.27 Å². The lowest BCUT2D eigenvalue weighted by Crippen LogP contribution is -1.99. The van der Waals surface area contributed by atoms with Gasteiger partial charge < -0.3 is 0 Å². The van der Waals surface area contributed by atoms with Gasteiger partial charge in [0.25, 0.3) is 6.43 Å². The summed E-state index contributed by atoms with van der Waals surface area (Å²) in [4.78, 5) is 3.79. The van der Waals surface area contributed by atoms with Gasteiger partial charge in [0.05, 0.1) is 0 Å². The topological polar surface area (TPSA) is 12.9 Å². The lowest BCUT2D eigenvalue weighted by atomic mass is 10.2. The van der Waals surface area contributed by atoms with Crippen molar-refractivity contribution in [3.63, 3.8) is 0 Å². The Morgan fingerprint density at radius 1 is 1.46 bits per heavy atom. The molecule has 0 N–H and O–H groups in total. The highest BCUT2D eigenvalue weighted by molar-refractivity contribution is 14.1. The summed E-state index contributed by atoms with van der Waals surface area (Å²) in [6.45, 7) is 0. The van der Waals surface area contributed by atoms with E-state index in [2.05, 4.69) is 43.5 Å². The van der Waals surface area contributed by atoms with Crippen molar-refractivity contribution in [3.05, 3.63) is 24.6 Å². The molecule has 1 aromatic heterocycles. The van der Waals surface area contributed by atoms with Crippen molar-refractivity contribution < 1.29 is 8.78 Å². The van der Waals surface area contributed by atoms with Crippen LogP contribution in [-0.4, -0.2) is 4.98 Å². The van der Waals surface area contributed by atoms with Crippen molar-refractivity contribution >= 4 is 61.1 Å². The van der Waals surface area contributed by atoms with E-state index in [-0.39, 0.29) is 5.69 Å². The fraction of sp³-hybridized carbons (Fsp3) is 0.286. The summed E-state index contributed by atoms with van der Waals surface area (Å²) in [7, 11) is 0. The normalized spacial score (nSPS) is 10.9. The van der Waals surface area contributed by atoms with Crippen molar-refractivity contribution in [1.29, 1.82) is 0 Å². The predicted molar refractivity (Wildman–Crippen MR) is 67.3 cm³/mol. The number of nitrogens with zero attached hydrogens (tertiary/aromatic N) is 1. The molecule has 0 unspecified atom stereocenters. The zero-order valence-electron chi connectivity index (χ0n) is 6.20. The first-order valence-corrected chi connectivity index (χ1v) is 6.53. The highest BCUT2D eigenvalue weighted by atomic mass is 127. The monoisotopic (exact) mass is 473 g/mol. The fourth-order valence-electron chi connectivity index (χ4n) is 0.778. The molecule has 1 rings (SSSR count). The molecule has 0 aliphatic carbocycles. The Labute approximate surface area is 110 Å². The Morgan fingerprint density at radius 2 is 2.08 bits per heavy atom. The largest absolute Gasteiger partial charge is 0.280 e. The van der Waals surface area contributed by atoms with E-state index in [4.69, 9.17) is 0 Å². The van der Waals surface area contributed by atoms with E-state index in [0.29, 0.717) is 9.03 Å². The summed E-state index contributed by atoms with van der Waals surface area (Å²) in [5.74, 6) is 0. The van der Waals surface area contributed by atoms with Crippen LogP contribution in [0.3, 0.4) is 0 Å². The van der Waals surface area contributed by atoms with E-state index >= 15 is 0 Å². The molecule has 0 aliphatic heterocycles. The molecule has 6 heteroatoms. The summed E-state index contributed by atoms with van der Waals surface area (Å²) < 4.78 is 26.2. The molecule has 0 saturated carbocycles. The number of hydrogen-bond acceptors (Lipinski definition) is 1. The Balaban J connectivity index is 3.22. The molecule has 1 heterocycles. The second-order valence-corrected chi connectivity index (χ2v) is 4.91. The van der Waals surface area contributed by atoms with Crippen LogP contribution in [0.4, 0.5) is 8.78 Å². The molecule has 1 aromatic rings. The van der Waals surface area contributed by atoms with Gasteiger partial charge in [0, 0.05) is 8.90 Å². The summed E-state index contributed by atoms with van der Waals surface area (Å²) in [5.41, 5.74) is 0.703. The average Bonchev–Trinajstić information content (AvgIpc) is 2.09. The van der Waals surface area contributed by atoms with Gasteiger partial charge in [-0.3, -0.25) is 0 Å². The van der Waals surface area contributed by atoms with Crippen molar-refractivity contribution in [2.75, 3.05) is 0 Å². The van der Waals surface area contributed by atoms with Gasteiger partial charge >= 0.3 is 0 Å². The van der Waals surface area contributed by atoms with Crippen LogP contribution < -0.4 is 0 Å². The first kappa shape index (κ1) is 12.0. The fourth-order valence-corrected chi connectivity index (χ4v) is 2.84. The summed E-state index contributed by atoms with van der Waals surface area (Å²) in [5, 5.41) is 0.573. The van der Waals surface area contributed by atoms with Gasteiger partial charge in [0.2, 0.25) is 0 Å². The lowest BCUT2D eigenvalue weighted by molar-refractivity contribution is 0.145. The van der Waals surface area contributed by atoms with Crippen molar-refractivity contribution in [1.82, 2.24) is 4.98 Å². The number of alkyl halides is 3. The van der Waals surface area contributed by atoms with Gasteiger partial charge in [0.15, 0.2) is 0 Å². The SMILES string of the molecule is FC(F)c1cc(CBr)c(I)c(I)n1. The average molecular weight is 474 g/mol. The van der Waals surface area contributed by atoms with Crippen LogP contribution in [0.15, 0.2) is 6.07 Å². The molecule has 0 aromatic carbocycles. The third-order valence-electron chi connectivity index (χ3n) is 1.38. The number of pyridine rings is 1. The molecular formula is C7H4BrF2I2N. The van der Waals surface area contributed by atoms with E-state index in [1.807, 2.05) is 22.6 Å². The smallest absolute Gasteiger partial charge is 0.240 e. The van der Waals surface area contributed by atoms with E-state index in [1.165, 1.54) is 6.07 Å². The van der Waals surface area contributed by atoms with Crippen LogP contribution in [-0.2, 0) is 5.33 Å². The van der Waals surface area contributed by atoms with Crippen molar-refractivity contribution in [3.8, 4) is 0 Å². The Hall–Kier alpha value is 0.950. The van der Waals surface area contributed by atoms with Crippen LogP contribution in [0.2, 0.25) is 0 Å².